The molecule has 1 fully saturated rings. The lowest BCUT2D eigenvalue weighted by molar-refractivity contribution is 0.615. The first-order chi connectivity index (χ1) is 7.42. The first-order valence-electron chi connectivity index (χ1n) is 5.84. The van der Waals surface area contributed by atoms with Crippen molar-refractivity contribution >= 4 is 0 Å². The van der Waals surface area contributed by atoms with Crippen LogP contribution in [0.4, 0.5) is 0 Å². The van der Waals surface area contributed by atoms with Crippen molar-refractivity contribution in [1.82, 2.24) is 10.6 Å². The molecule has 2 nitrogen and oxygen atoms in total. The van der Waals surface area contributed by atoms with Crippen LogP contribution in [0.15, 0.2) is 30.3 Å². The van der Waals surface area contributed by atoms with Crippen molar-refractivity contribution in [3.05, 3.63) is 35.9 Å². The maximum Gasteiger partial charge on any atom is 0.0143 e. The fourth-order valence-corrected chi connectivity index (χ4v) is 2.04. The highest BCUT2D eigenvalue weighted by atomic mass is 15.0. The van der Waals surface area contributed by atoms with Crippen LogP contribution in [0.5, 0.6) is 0 Å². The fourth-order valence-electron chi connectivity index (χ4n) is 2.04. The summed E-state index contributed by atoms with van der Waals surface area (Å²) < 4.78 is 0. The van der Waals surface area contributed by atoms with Crippen LogP contribution in [-0.2, 0) is 0 Å². The minimum Gasteiger partial charge on any atom is -0.320 e. The summed E-state index contributed by atoms with van der Waals surface area (Å²) in [7, 11) is 2.00. The van der Waals surface area contributed by atoms with Crippen molar-refractivity contribution in [2.24, 2.45) is 0 Å². The molecular weight excluding hydrogens is 184 g/mol. The molecule has 15 heavy (non-hydrogen) atoms. The van der Waals surface area contributed by atoms with Gasteiger partial charge in [-0.2, -0.15) is 0 Å². The molecule has 0 aromatic heterocycles. The zero-order chi connectivity index (χ0) is 10.5. The average molecular weight is 204 g/mol. The molecule has 2 rings (SSSR count). The van der Waals surface area contributed by atoms with Crippen molar-refractivity contribution in [2.75, 3.05) is 20.1 Å². The molecule has 2 unspecified atom stereocenters. The van der Waals surface area contributed by atoms with Crippen LogP contribution < -0.4 is 10.6 Å². The first-order valence-corrected chi connectivity index (χ1v) is 5.84. The van der Waals surface area contributed by atoms with Crippen LogP contribution in [-0.4, -0.2) is 26.2 Å². The van der Waals surface area contributed by atoms with Crippen molar-refractivity contribution in [3.63, 3.8) is 0 Å². The van der Waals surface area contributed by atoms with Gasteiger partial charge in [-0.3, -0.25) is 0 Å². The Morgan fingerprint density at radius 1 is 1.20 bits per heavy atom. The molecule has 1 aromatic carbocycles. The van der Waals surface area contributed by atoms with E-state index in [1.807, 2.05) is 7.05 Å². The summed E-state index contributed by atoms with van der Waals surface area (Å²) in [6, 6.07) is 11.5. The molecule has 82 valence electrons. The zero-order valence-electron chi connectivity index (χ0n) is 9.37. The molecule has 1 saturated carbocycles. The average Bonchev–Trinajstić information content (AvgIpc) is 3.05. The van der Waals surface area contributed by atoms with E-state index < -0.39 is 0 Å². The molecule has 0 amide bonds. The topological polar surface area (TPSA) is 24.1 Å². The molecule has 0 spiro atoms. The Hall–Kier alpha value is -0.860. The van der Waals surface area contributed by atoms with Gasteiger partial charge in [-0.25, -0.2) is 0 Å². The van der Waals surface area contributed by atoms with E-state index in [0.717, 1.165) is 25.0 Å². The molecule has 1 aliphatic rings. The van der Waals surface area contributed by atoms with Gasteiger partial charge in [0.15, 0.2) is 0 Å². The minimum atomic E-state index is 0.726. The summed E-state index contributed by atoms with van der Waals surface area (Å²) in [5.41, 5.74) is 1.49. The maximum atomic E-state index is 3.60. The Kier molecular flexibility index (Phi) is 3.75. The first kappa shape index (κ1) is 10.7. The number of hydrogen-bond acceptors (Lipinski definition) is 2. The minimum absolute atomic E-state index is 0.726. The van der Waals surface area contributed by atoms with Gasteiger partial charge in [-0.1, -0.05) is 30.3 Å². The van der Waals surface area contributed by atoms with Gasteiger partial charge in [0.25, 0.3) is 0 Å². The predicted molar refractivity (Wildman–Crippen MR) is 64.1 cm³/mol. The maximum absolute atomic E-state index is 3.60. The van der Waals surface area contributed by atoms with Gasteiger partial charge in [-0.05, 0) is 38.5 Å². The summed E-state index contributed by atoms with van der Waals surface area (Å²) in [5, 5.41) is 6.76. The molecule has 0 saturated heterocycles. The van der Waals surface area contributed by atoms with Crippen LogP contribution in [0, 0.1) is 0 Å². The van der Waals surface area contributed by atoms with E-state index in [-0.39, 0.29) is 0 Å². The summed E-state index contributed by atoms with van der Waals surface area (Å²) in [6.07, 6.45) is 2.53. The third-order valence-corrected chi connectivity index (χ3v) is 3.03. The van der Waals surface area contributed by atoms with E-state index in [9.17, 15) is 0 Å². The van der Waals surface area contributed by atoms with Crippen molar-refractivity contribution in [3.8, 4) is 0 Å². The Morgan fingerprint density at radius 3 is 2.73 bits per heavy atom. The molecule has 2 N–H and O–H groups in total. The van der Waals surface area contributed by atoms with Crippen LogP contribution >= 0.6 is 0 Å². The zero-order valence-corrected chi connectivity index (χ0v) is 9.37. The Balaban J connectivity index is 1.68. The number of benzene rings is 1. The van der Waals surface area contributed by atoms with E-state index >= 15 is 0 Å². The third kappa shape index (κ3) is 3.05. The summed E-state index contributed by atoms with van der Waals surface area (Å²) in [5.74, 6) is 0.765. The van der Waals surface area contributed by atoms with E-state index in [1.165, 1.54) is 18.4 Å². The Morgan fingerprint density at radius 2 is 2.00 bits per heavy atom. The summed E-state index contributed by atoms with van der Waals surface area (Å²) >= 11 is 0. The van der Waals surface area contributed by atoms with Crippen molar-refractivity contribution < 1.29 is 0 Å². The number of rotatable bonds is 6. The van der Waals surface area contributed by atoms with Crippen LogP contribution in [0.1, 0.15) is 24.3 Å². The molecule has 0 radical (unpaired) electrons. The monoisotopic (exact) mass is 204 g/mol. The normalized spacial score (nSPS) is 24.1. The standard InChI is InChI=1S/C13H20N2/c1-14-8-5-9-15-13-10-12(13)11-6-3-2-4-7-11/h2-4,6-7,12-15H,5,8-10H2,1H3. The van der Waals surface area contributed by atoms with E-state index in [4.69, 9.17) is 0 Å². The van der Waals surface area contributed by atoms with Gasteiger partial charge in [0.2, 0.25) is 0 Å². The summed E-state index contributed by atoms with van der Waals surface area (Å²) in [6.45, 7) is 2.24. The smallest absolute Gasteiger partial charge is 0.0143 e. The lowest BCUT2D eigenvalue weighted by Gasteiger charge is -2.03. The fraction of sp³-hybridized carbons (Fsp3) is 0.538. The Labute approximate surface area is 92.1 Å². The number of nitrogens with one attached hydrogen (secondary N) is 2. The molecule has 1 aromatic rings. The SMILES string of the molecule is CNCCCNC1CC1c1ccccc1. The van der Waals surface area contributed by atoms with Crippen LogP contribution in [0.25, 0.3) is 0 Å². The highest BCUT2D eigenvalue weighted by Crippen LogP contribution is 2.40. The van der Waals surface area contributed by atoms with Crippen molar-refractivity contribution in [2.45, 2.75) is 24.8 Å². The molecule has 0 heterocycles. The molecule has 2 heteroatoms. The third-order valence-electron chi connectivity index (χ3n) is 3.03. The van der Waals surface area contributed by atoms with Crippen molar-refractivity contribution in [1.29, 1.82) is 0 Å². The van der Waals surface area contributed by atoms with Gasteiger partial charge < -0.3 is 10.6 Å². The summed E-state index contributed by atoms with van der Waals surface area (Å²) in [4.78, 5) is 0. The van der Waals surface area contributed by atoms with E-state index in [0.29, 0.717) is 0 Å². The highest BCUT2D eigenvalue weighted by Gasteiger charge is 2.37. The van der Waals surface area contributed by atoms with E-state index in [1.54, 1.807) is 0 Å². The van der Waals surface area contributed by atoms with Gasteiger partial charge in [0, 0.05) is 12.0 Å². The largest absolute Gasteiger partial charge is 0.320 e. The highest BCUT2D eigenvalue weighted by molar-refractivity contribution is 5.27. The van der Waals surface area contributed by atoms with E-state index in [2.05, 4.69) is 41.0 Å². The second kappa shape index (κ2) is 5.29. The van der Waals surface area contributed by atoms with Gasteiger partial charge >= 0.3 is 0 Å². The van der Waals surface area contributed by atoms with Gasteiger partial charge in [-0.15, -0.1) is 0 Å². The predicted octanol–water partition coefficient (Wildman–Crippen LogP) is 1.74. The Bertz CT molecular complexity index is 284. The molecular formula is C13H20N2. The number of hydrogen-bond donors (Lipinski definition) is 2. The molecule has 2 atom stereocenters. The molecule has 0 aliphatic heterocycles. The second-order valence-electron chi connectivity index (χ2n) is 4.27. The van der Waals surface area contributed by atoms with Gasteiger partial charge in [0.1, 0.15) is 0 Å². The lowest BCUT2D eigenvalue weighted by Crippen LogP contribution is -2.22. The molecule has 1 aliphatic carbocycles. The van der Waals surface area contributed by atoms with Gasteiger partial charge in [0.05, 0.1) is 0 Å². The second-order valence-corrected chi connectivity index (χ2v) is 4.27. The van der Waals surface area contributed by atoms with Crippen LogP contribution in [0.2, 0.25) is 0 Å². The quantitative estimate of drug-likeness (QED) is 0.690. The molecule has 0 bridgehead atoms. The lowest BCUT2D eigenvalue weighted by atomic mass is 10.1. The van der Waals surface area contributed by atoms with Crippen LogP contribution in [0.3, 0.4) is 0 Å².